The highest BCUT2D eigenvalue weighted by molar-refractivity contribution is 6.32. The molecule has 0 bridgehead atoms. The molecule has 1 atom stereocenters. The second-order valence-corrected chi connectivity index (χ2v) is 7.84. The summed E-state index contributed by atoms with van der Waals surface area (Å²) in [5.41, 5.74) is 4.34. The average Bonchev–Trinajstić information content (AvgIpc) is 3.14. The quantitative estimate of drug-likeness (QED) is 0.452. The fraction of sp³-hybridized carbons (Fsp3) is 0.125. The number of nitrogens with zero attached hydrogens (tertiary/aromatic N) is 1. The Balaban J connectivity index is 1.65. The van der Waals surface area contributed by atoms with Gasteiger partial charge in [0.25, 0.3) is 5.91 Å². The molecule has 1 unspecified atom stereocenters. The fourth-order valence-electron chi connectivity index (χ4n) is 4.26. The van der Waals surface area contributed by atoms with Gasteiger partial charge in [0.2, 0.25) is 0 Å². The van der Waals surface area contributed by atoms with Crippen molar-refractivity contribution >= 4 is 28.4 Å². The fourth-order valence-corrected chi connectivity index (χ4v) is 4.44. The van der Waals surface area contributed by atoms with E-state index in [2.05, 4.69) is 11.1 Å². The minimum absolute atomic E-state index is 0.0696. The minimum atomic E-state index is -0.387. The lowest BCUT2D eigenvalue weighted by atomic mass is 9.91. The van der Waals surface area contributed by atoms with Crippen LogP contribution < -0.4 is 0 Å². The van der Waals surface area contributed by atoms with Crippen molar-refractivity contribution in [1.82, 2.24) is 9.88 Å². The van der Waals surface area contributed by atoms with Gasteiger partial charge in [-0.1, -0.05) is 41.9 Å². The van der Waals surface area contributed by atoms with Gasteiger partial charge in [-0.15, -0.1) is 0 Å². The van der Waals surface area contributed by atoms with E-state index in [4.69, 9.17) is 11.6 Å². The normalized spacial score (nSPS) is 15.9. The number of fused-ring (bicyclic) bond motifs is 3. The number of carbonyl (C=O) groups is 1. The lowest BCUT2D eigenvalue weighted by Gasteiger charge is -2.36. The van der Waals surface area contributed by atoms with Crippen molar-refractivity contribution in [3.05, 3.63) is 100.0 Å². The summed E-state index contributed by atoms with van der Waals surface area (Å²) >= 11 is 6.03. The Labute approximate surface area is 177 Å². The number of hydrogen-bond acceptors (Lipinski definition) is 2. The largest absolute Gasteiger partial charge is 0.506 e. The van der Waals surface area contributed by atoms with Crippen molar-refractivity contribution in [3.63, 3.8) is 0 Å². The molecule has 2 heterocycles. The average molecular weight is 421 g/mol. The number of aromatic nitrogens is 1. The molecule has 1 aliphatic heterocycles. The van der Waals surface area contributed by atoms with Crippen LogP contribution >= 0.6 is 11.6 Å². The first-order valence-corrected chi connectivity index (χ1v) is 10.0. The number of halogens is 2. The standard InChI is InChI=1S/C24H18ClFN2O2/c25-19-13-15(7-10-21(19)29)24(30)28-12-11-18-17-3-1-2-4-20(17)27-22(18)23(28)14-5-8-16(26)9-6-14/h1-10,13,23,27,29H,11-12H2. The van der Waals surface area contributed by atoms with Gasteiger partial charge in [0.05, 0.1) is 11.1 Å². The number of phenols is 1. The van der Waals surface area contributed by atoms with Crippen molar-refractivity contribution in [2.24, 2.45) is 0 Å². The molecule has 0 saturated heterocycles. The number of hydrogen-bond donors (Lipinski definition) is 2. The van der Waals surface area contributed by atoms with Gasteiger partial charge < -0.3 is 15.0 Å². The van der Waals surface area contributed by atoms with Crippen LogP contribution in [0.5, 0.6) is 5.75 Å². The summed E-state index contributed by atoms with van der Waals surface area (Å²) < 4.78 is 13.6. The Morgan fingerprint density at radius 3 is 2.63 bits per heavy atom. The number of nitrogens with one attached hydrogen (secondary N) is 1. The molecule has 150 valence electrons. The summed E-state index contributed by atoms with van der Waals surface area (Å²) in [6.45, 7) is 0.508. The Kier molecular flexibility index (Phi) is 4.48. The van der Waals surface area contributed by atoms with Gasteiger partial charge in [0.15, 0.2) is 0 Å². The highest BCUT2D eigenvalue weighted by Crippen LogP contribution is 2.39. The van der Waals surface area contributed by atoms with Crippen molar-refractivity contribution in [3.8, 4) is 5.75 Å². The molecule has 4 nitrogen and oxygen atoms in total. The van der Waals surface area contributed by atoms with Gasteiger partial charge in [-0.3, -0.25) is 4.79 Å². The van der Waals surface area contributed by atoms with Crippen LogP contribution in [0, 0.1) is 5.82 Å². The predicted molar refractivity (Wildman–Crippen MR) is 114 cm³/mol. The molecule has 2 N–H and O–H groups in total. The highest BCUT2D eigenvalue weighted by atomic mass is 35.5. The molecule has 1 amide bonds. The Morgan fingerprint density at radius 1 is 1.10 bits per heavy atom. The molecule has 6 heteroatoms. The molecule has 1 aliphatic rings. The van der Waals surface area contributed by atoms with Gasteiger partial charge in [-0.05, 0) is 53.9 Å². The van der Waals surface area contributed by atoms with Crippen molar-refractivity contribution in [2.75, 3.05) is 6.54 Å². The third-order valence-corrected chi connectivity index (χ3v) is 5.98. The summed E-state index contributed by atoms with van der Waals surface area (Å²) in [4.78, 5) is 18.7. The maximum atomic E-state index is 13.6. The van der Waals surface area contributed by atoms with Crippen LogP contribution in [-0.2, 0) is 6.42 Å². The van der Waals surface area contributed by atoms with Gasteiger partial charge >= 0.3 is 0 Å². The van der Waals surface area contributed by atoms with Gasteiger partial charge in [0, 0.05) is 28.7 Å². The van der Waals surface area contributed by atoms with Crippen molar-refractivity contribution in [1.29, 1.82) is 0 Å². The van der Waals surface area contributed by atoms with Crippen LogP contribution in [0.1, 0.15) is 33.2 Å². The summed E-state index contributed by atoms with van der Waals surface area (Å²) in [7, 11) is 0. The van der Waals surface area contributed by atoms with Gasteiger partial charge in [-0.2, -0.15) is 0 Å². The maximum Gasteiger partial charge on any atom is 0.254 e. The molecule has 0 spiro atoms. The number of carbonyl (C=O) groups excluding carboxylic acids is 1. The number of phenolic OH excluding ortho intramolecular Hbond substituents is 1. The van der Waals surface area contributed by atoms with Crippen LogP contribution in [0.3, 0.4) is 0 Å². The Bertz CT molecular complexity index is 1270. The maximum absolute atomic E-state index is 13.6. The van der Waals surface area contributed by atoms with E-state index in [1.165, 1.54) is 29.8 Å². The first-order valence-electron chi connectivity index (χ1n) is 9.67. The second kappa shape index (κ2) is 7.18. The third kappa shape index (κ3) is 3.02. The molecule has 0 fully saturated rings. The zero-order valence-corrected chi connectivity index (χ0v) is 16.7. The number of aromatic amines is 1. The van der Waals surface area contributed by atoms with Crippen LogP contribution in [0.4, 0.5) is 4.39 Å². The third-order valence-electron chi connectivity index (χ3n) is 5.68. The van der Waals surface area contributed by atoms with E-state index in [0.29, 0.717) is 18.5 Å². The summed E-state index contributed by atoms with van der Waals surface area (Å²) in [5.74, 6) is -0.593. The Morgan fingerprint density at radius 2 is 1.87 bits per heavy atom. The Hall–Kier alpha value is -3.31. The molecule has 30 heavy (non-hydrogen) atoms. The molecule has 0 aliphatic carbocycles. The number of rotatable bonds is 2. The summed E-state index contributed by atoms with van der Waals surface area (Å²) in [6, 6.07) is 18.4. The number of para-hydroxylation sites is 1. The molecular weight excluding hydrogens is 403 g/mol. The van der Waals surface area contributed by atoms with Gasteiger partial charge in [-0.25, -0.2) is 4.39 Å². The molecule has 0 saturated carbocycles. The molecule has 5 rings (SSSR count). The first-order chi connectivity index (χ1) is 14.5. The first kappa shape index (κ1) is 18.7. The zero-order valence-electron chi connectivity index (χ0n) is 15.9. The lowest BCUT2D eigenvalue weighted by molar-refractivity contribution is 0.0692. The second-order valence-electron chi connectivity index (χ2n) is 7.43. The van der Waals surface area contributed by atoms with Crippen LogP contribution in [0.2, 0.25) is 5.02 Å². The number of aromatic hydroxyl groups is 1. The number of H-pyrrole nitrogens is 1. The van der Waals surface area contributed by atoms with E-state index >= 15 is 0 Å². The molecular formula is C24H18ClFN2O2. The van der Waals surface area contributed by atoms with E-state index < -0.39 is 0 Å². The predicted octanol–water partition coefficient (Wildman–Crippen LogP) is 5.45. The molecule has 1 aromatic heterocycles. The van der Waals surface area contributed by atoms with Crippen molar-refractivity contribution in [2.45, 2.75) is 12.5 Å². The van der Waals surface area contributed by atoms with E-state index in [-0.39, 0.29) is 28.5 Å². The molecule has 4 aromatic rings. The smallest absolute Gasteiger partial charge is 0.254 e. The van der Waals surface area contributed by atoms with Crippen LogP contribution in [0.25, 0.3) is 10.9 Å². The molecule has 0 radical (unpaired) electrons. The van der Waals surface area contributed by atoms with E-state index in [9.17, 15) is 14.3 Å². The lowest BCUT2D eigenvalue weighted by Crippen LogP contribution is -2.40. The number of benzene rings is 3. The van der Waals surface area contributed by atoms with E-state index in [0.717, 1.165) is 22.2 Å². The van der Waals surface area contributed by atoms with E-state index in [1.54, 1.807) is 23.1 Å². The molecule has 3 aromatic carbocycles. The summed E-state index contributed by atoms with van der Waals surface area (Å²) in [5, 5.41) is 11.0. The van der Waals surface area contributed by atoms with Crippen molar-refractivity contribution < 1.29 is 14.3 Å². The van der Waals surface area contributed by atoms with E-state index in [1.807, 2.05) is 18.2 Å². The van der Waals surface area contributed by atoms with Crippen LogP contribution in [-0.4, -0.2) is 27.4 Å². The zero-order chi connectivity index (χ0) is 20.8. The monoisotopic (exact) mass is 420 g/mol. The minimum Gasteiger partial charge on any atom is -0.506 e. The summed E-state index contributed by atoms with van der Waals surface area (Å²) in [6.07, 6.45) is 0.703. The SMILES string of the molecule is O=C(c1ccc(O)c(Cl)c1)N1CCc2c([nH]c3ccccc23)C1c1ccc(F)cc1. The highest BCUT2D eigenvalue weighted by Gasteiger charge is 2.35. The van der Waals surface area contributed by atoms with Gasteiger partial charge in [0.1, 0.15) is 11.6 Å². The topological polar surface area (TPSA) is 56.3 Å². The van der Waals surface area contributed by atoms with Crippen LogP contribution in [0.15, 0.2) is 66.7 Å². The number of amides is 1.